The molecule has 1 aromatic heterocycles. The minimum Gasteiger partial charge on any atom is -0.406 e. The number of carbonyl (C=O) groups excluding carboxylic acids is 2. The van der Waals surface area contributed by atoms with Crippen LogP contribution in [0.3, 0.4) is 0 Å². The second-order valence-corrected chi connectivity index (χ2v) is 8.08. The SMILES string of the molecule is CC(C)NC(=O)c1cn(Cc2ccccc2)cc(C(=O)NCc2ccc(OC(F)(F)F)cc2)c1=O. The Morgan fingerprint density at radius 3 is 2.09 bits per heavy atom. The van der Waals surface area contributed by atoms with Gasteiger partial charge in [0.25, 0.3) is 11.8 Å². The highest BCUT2D eigenvalue weighted by Crippen LogP contribution is 2.22. The molecule has 0 atom stereocenters. The molecule has 0 saturated heterocycles. The third kappa shape index (κ3) is 7.46. The van der Waals surface area contributed by atoms with E-state index >= 15 is 0 Å². The zero-order valence-electron chi connectivity index (χ0n) is 19.1. The highest BCUT2D eigenvalue weighted by Gasteiger charge is 2.31. The number of carbonyl (C=O) groups is 2. The zero-order chi connectivity index (χ0) is 25.6. The van der Waals surface area contributed by atoms with E-state index in [2.05, 4.69) is 15.4 Å². The Kier molecular flexibility index (Phi) is 7.95. The van der Waals surface area contributed by atoms with E-state index in [0.29, 0.717) is 12.1 Å². The van der Waals surface area contributed by atoms with E-state index in [-0.39, 0.29) is 29.5 Å². The Labute approximate surface area is 199 Å². The lowest BCUT2D eigenvalue weighted by Gasteiger charge is -2.14. The van der Waals surface area contributed by atoms with Gasteiger partial charge in [-0.25, -0.2) is 0 Å². The predicted molar refractivity (Wildman–Crippen MR) is 123 cm³/mol. The minimum atomic E-state index is -4.80. The number of amides is 2. The lowest BCUT2D eigenvalue weighted by Crippen LogP contribution is -2.37. The molecule has 0 unspecified atom stereocenters. The van der Waals surface area contributed by atoms with Crippen molar-refractivity contribution < 1.29 is 27.5 Å². The fourth-order valence-corrected chi connectivity index (χ4v) is 3.27. The Morgan fingerprint density at radius 1 is 0.914 bits per heavy atom. The maximum Gasteiger partial charge on any atom is 0.573 e. The van der Waals surface area contributed by atoms with Crippen molar-refractivity contribution in [1.82, 2.24) is 15.2 Å². The number of alkyl halides is 3. The van der Waals surface area contributed by atoms with Gasteiger partial charge in [-0.15, -0.1) is 13.2 Å². The first kappa shape index (κ1) is 25.5. The predicted octanol–water partition coefficient (Wildman–Crippen LogP) is 3.86. The standard InChI is InChI=1S/C25H24F3N3O4/c1-16(2)30-24(34)21-15-31(13-18-6-4-3-5-7-18)14-20(22(21)32)23(33)29-12-17-8-10-19(11-9-17)35-25(26,27)28/h3-11,14-16H,12-13H2,1-2H3,(H,29,33)(H,30,34). The summed E-state index contributed by atoms with van der Waals surface area (Å²) in [5.74, 6) is -1.70. The van der Waals surface area contributed by atoms with Crippen molar-refractivity contribution >= 4 is 11.8 Å². The Balaban J connectivity index is 1.83. The van der Waals surface area contributed by atoms with Crippen LogP contribution < -0.4 is 20.8 Å². The molecule has 2 amide bonds. The second-order valence-electron chi connectivity index (χ2n) is 8.08. The van der Waals surface area contributed by atoms with Crippen LogP contribution in [-0.4, -0.2) is 28.8 Å². The van der Waals surface area contributed by atoms with Crippen molar-refractivity contribution in [2.75, 3.05) is 0 Å². The summed E-state index contributed by atoms with van der Waals surface area (Å²) in [5.41, 5.74) is 0.272. The van der Waals surface area contributed by atoms with Crippen molar-refractivity contribution in [2.24, 2.45) is 0 Å². The molecule has 3 aromatic rings. The van der Waals surface area contributed by atoms with Crippen molar-refractivity contribution in [3.63, 3.8) is 0 Å². The van der Waals surface area contributed by atoms with Gasteiger partial charge in [0.1, 0.15) is 16.9 Å². The average Bonchev–Trinajstić information content (AvgIpc) is 2.78. The molecule has 2 N–H and O–H groups in total. The number of halogens is 3. The summed E-state index contributed by atoms with van der Waals surface area (Å²) in [5, 5.41) is 5.24. The van der Waals surface area contributed by atoms with Crippen molar-refractivity contribution in [3.05, 3.63) is 99.5 Å². The van der Waals surface area contributed by atoms with Crippen LogP contribution in [0.4, 0.5) is 13.2 Å². The summed E-state index contributed by atoms with van der Waals surface area (Å²) in [6, 6.07) is 14.1. The van der Waals surface area contributed by atoms with E-state index in [1.165, 1.54) is 24.5 Å². The summed E-state index contributed by atoms with van der Waals surface area (Å²) in [6.45, 7) is 3.78. The number of rotatable bonds is 8. The Hall–Kier alpha value is -4.08. The lowest BCUT2D eigenvalue weighted by atomic mass is 10.1. The number of hydrogen-bond donors (Lipinski definition) is 2. The van der Waals surface area contributed by atoms with Gasteiger partial charge in [-0.2, -0.15) is 0 Å². The smallest absolute Gasteiger partial charge is 0.406 e. The summed E-state index contributed by atoms with van der Waals surface area (Å²) >= 11 is 0. The molecule has 1 heterocycles. The number of hydrogen-bond acceptors (Lipinski definition) is 4. The van der Waals surface area contributed by atoms with Gasteiger partial charge in [0, 0.05) is 31.5 Å². The molecule has 0 bridgehead atoms. The number of nitrogens with one attached hydrogen (secondary N) is 2. The van der Waals surface area contributed by atoms with E-state index in [4.69, 9.17) is 0 Å². The highest BCUT2D eigenvalue weighted by molar-refractivity contribution is 5.99. The summed E-state index contributed by atoms with van der Waals surface area (Å²) in [6.07, 6.45) is -2.03. The van der Waals surface area contributed by atoms with Crippen molar-refractivity contribution in [2.45, 2.75) is 39.3 Å². The summed E-state index contributed by atoms with van der Waals surface area (Å²) in [7, 11) is 0. The van der Waals surface area contributed by atoms with Gasteiger partial charge in [0.05, 0.1) is 0 Å². The van der Waals surface area contributed by atoms with Crippen LogP contribution in [0.5, 0.6) is 5.75 Å². The van der Waals surface area contributed by atoms with Gasteiger partial charge in [-0.3, -0.25) is 14.4 Å². The molecular weight excluding hydrogens is 463 g/mol. The molecule has 0 radical (unpaired) electrons. The fraction of sp³-hybridized carbons (Fsp3) is 0.240. The Morgan fingerprint density at radius 2 is 1.51 bits per heavy atom. The van der Waals surface area contributed by atoms with E-state index in [9.17, 15) is 27.6 Å². The molecule has 35 heavy (non-hydrogen) atoms. The molecular formula is C25H24F3N3O4. The second kappa shape index (κ2) is 10.9. The molecule has 0 spiro atoms. The lowest BCUT2D eigenvalue weighted by molar-refractivity contribution is -0.274. The van der Waals surface area contributed by atoms with E-state index in [1.807, 2.05) is 30.3 Å². The monoisotopic (exact) mass is 487 g/mol. The van der Waals surface area contributed by atoms with Gasteiger partial charge in [-0.05, 0) is 37.1 Å². The molecule has 10 heteroatoms. The number of benzene rings is 2. The number of nitrogens with zero attached hydrogens (tertiary/aromatic N) is 1. The largest absolute Gasteiger partial charge is 0.573 e. The van der Waals surface area contributed by atoms with Gasteiger partial charge in [0.15, 0.2) is 0 Å². The minimum absolute atomic E-state index is 0.0499. The molecule has 184 valence electrons. The first-order chi connectivity index (χ1) is 16.5. The quantitative estimate of drug-likeness (QED) is 0.505. The molecule has 0 aliphatic carbocycles. The van der Waals surface area contributed by atoms with E-state index in [0.717, 1.165) is 17.7 Å². The van der Waals surface area contributed by atoms with Crippen LogP contribution in [0.15, 0.2) is 71.8 Å². The van der Waals surface area contributed by atoms with E-state index < -0.39 is 23.6 Å². The van der Waals surface area contributed by atoms with Crippen LogP contribution in [0.2, 0.25) is 0 Å². The first-order valence-electron chi connectivity index (χ1n) is 10.7. The molecule has 0 fully saturated rings. The average molecular weight is 487 g/mol. The zero-order valence-corrected chi connectivity index (χ0v) is 19.1. The van der Waals surface area contributed by atoms with Crippen LogP contribution in [-0.2, 0) is 13.1 Å². The first-order valence-corrected chi connectivity index (χ1v) is 10.7. The van der Waals surface area contributed by atoms with E-state index in [1.54, 1.807) is 18.4 Å². The summed E-state index contributed by atoms with van der Waals surface area (Å²) < 4.78 is 42.3. The molecule has 2 aromatic carbocycles. The van der Waals surface area contributed by atoms with Crippen LogP contribution in [0.1, 0.15) is 45.7 Å². The molecule has 0 aliphatic heterocycles. The normalized spacial score (nSPS) is 11.3. The third-order valence-electron chi connectivity index (χ3n) is 4.81. The van der Waals surface area contributed by atoms with Crippen LogP contribution in [0, 0.1) is 0 Å². The topological polar surface area (TPSA) is 89.4 Å². The maximum atomic E-state index is 13.0. The van der Waals surface area contributed by atoms with Crippen LogP contribution >= 0.6 is 0 Å². The number of pyridine rings is 1. The molecule has 0 saturated carbocycles. The van der Waals surface area contributed by atoms with Gasteiger partial charge in [0.2, 0.25) is 5.43 Å². The number of ether oxygens (including phenoxy) is 1. The third-order valence-corrected chi connectivity index (χ3v) is 4.81. The van der Waals surface area contributed by atoms with Crippen LogP contribution in [0.25, 0.3) is 0 Å². The molecule has 0 aliphatic rings. The van der Waals surface area contributed by atoms with Gasteiger partial charge < -0.3 is 19.9 Å². The fourth-order valence-electron chi connectivity index (χ4n) is 3.27. The van der Waals surface area contributed by atoms with Crippen molar-refractivity contribution in [1.29, 1.82) is 0 Å². The van der Waals surface area contributed by atoms with Gasteiger partial charge >= 0.3 is 6.36 Å². The number of aromatic nitrogens is 1. The maximum absolute atomic E-state index is 13.0. The Bertz CT molecular complexity index is 1240. The summed E-state index contributed by atoms with van der Waals surface area (Å²) in [4.78, 5) is 38.5. The van der Waals surface area contributed by atoms with Crippen molar-refractivity contribution in [3.8, 4) is 5.75 Å². The highest BCUT2D eigenvalue weighted by atomic mass is 19.4. The molecule has 7 nitrogen and oxygen atoms in total. The molecule has 3 rings (SSSR count). The van der Waals surface area contributed by atoms with Gasteiger partial charge in [-0.1, -0.05) is 42.5 Å².